The van der Waals surface area contributed by atoms with Gasteiger partial charge >= 0.3 is 0 Å². The summed E-state index contributed by atoms with van der Waals surface area (Å²) < 4.78 is 8.60. The number of hydrogen-bond donors (Lipinski definition) is 1. The minimum atomic E-state index is 0. The van der Waals surface area contributed by atoms with Gasteiger partial charge in [-0.25, -0.2) is 9.97 Å². The summed E-state index contributed by atoms with van der Waals surface area (Å²) in [5.41, 5.74) is 10.4. The zero-order valence-electron chi connectivity index (χ0n) is 23.1. The number of aryl methyl sites for hydroxylation is 6. The quantitative estimate of drug-likeness (QED) is 0.190. The van der Waals surface area contributed by atoms with Crippen LogP contribution in [0.2, 0.25) is 0 Å². The molecular formula is C33H30N3O2Pt-. The molecule has 39 heavy (non-hydrogen) atoms. The smallest absolute Gasteiger partial charge is 0.217 e. The van der Waals surface area contributed by atoms with Crippen molar-refractivity contribution in [2.75, 3.05) is 0 Å². The number of pyridine rings is 2. The van der Waals surface area contributed by atoms with E-state index in [1.807, 2.05) is 45.2 Å². The van der Waals surface area contributed by atoms with Gasteiger partial charge in [0.15, 0.2) is 0 Å². The molecular weight excluding hydrogens is 665 g/mol. The predicted molar refractivity (Wildman–Crippen MR) is 154 cm³/mol. The van der Waals surface area contributed by atoms with Crippen molar-refractivity contribution in [3.8, 4) is 23.2 Å². The summed E-state index contributed by atoms with van der Waals surface area (Å²) in [5, 5.41) is 13.8. The zero-order valence-corrected chi connectivity index (χ0v) is 25.4. The topological polar surface area (TPSA) is 60.2 Å². The van der Waals surface area contributed by atoms with Crippen molar-refractivity contribution in [3.63, 3.8) is 0 Å². The van der Waals surface area contributed by atoms with E-state index in [4.69, 9.17) is 9.72 Å². The minimum Gasteiger partial charge on any atom is -0.506 e. The second-order valence-corrected chi connectivity index (χ2v) is 10.4. The summed E-state index contributed by atoms with van der Waals surface area (Å²) in [6, 6.07) is 17.6. The number of rotatable bonds is 3. The van der Waals surface area contributed by atoms with Gasteiger partial charge in [0.1, 0.15) is 17.1 Å². The van der Waals surface area contributed by atoms with Crippen LogP contribution >= 0.6 is 0 Å². The summed E-state index contributed by atoms with van der Waals surface area (Å²) >= 11 is 0. The molecule has 3 aromatic heterocycles. The van der Waals surface area contributed by atoms with Crippen LogP contribution in [0.1, 0.15) is 38.9 Å². The molecule has 0 unspecified atom stereocenters. The molecule has 0 saturated carbocycles. The third-order valence-electron chi connectivity index (χ3n) is 7.83. The maximum absolute atomic E-state index is 10.5. The van der Waals surface area contributed by atoms with Crippen molar-refractivity contribution in [2.24, 2.45) is 0 Å². The molecule has 3 heterocycles. The van der Waals surface area contributed by atoms with Crippen LogP contribution in [0.5, 0.6) is 17.4 Å². The van der Waals surface area contributed by atoms with E-state index in [0.717, 1.165) is 55.4 Å². The maximum Gasteiger partial charge on any atom is 0.217 e. The number of phenolic OH excluding ortho intramolecular Hbond substituents is 1. The number of fused-ring (bicyclic) bond motifs is 4. The van der Waals surface area contributed by atoms with Crippen LogP contribution < -0.4 is 4.74 Å². The Morgan fingerprint density at radius 3 is 2.23 bits per heavy atom. The molecule has 0 aliphatic rings. The molecule has 0 saturated heterocycles. The molecule has 0 aliphatic carbocycles. The van der Waals surface area contributed by atoms with Crippen molar-refractivity contribution in [3.05, 3.63) is 93.7 Å². The second-order valence-electron chi connectivity index (χ2n) is 10.4. The molecule has 5 nitrogen and oxygen atoms in total. The summed E-state index contributed by atoms with van der Waals surface area (Å²) in [6.45, 7) is 14.6. The van der Waals surface area contributed by atoms with Gasteiger partial charge in [-0.15, -0.1) is 17.2 Å². The zero-order chi connectivity index (χ0) is 26.9. The standard InChI is InChI=1S/C33H30N3O2.Pt/c1-17-8-13-28(34-16-17)36-24-11-9-18(2)21(5)31(24)32-23(7)22(6)27(15-25(32)36)38-29-14-20(4)30-19(3)10-12-26(37)33(30)35-29;/h8-14,16,37H,1-7H3;/q-1;. The van der Waals surface area contributed by atoms with Crippen molar-refractivity contribution in [1.82, 2.24) is 14.5 Å². The summed E-state index contributed by atoms with van der Waals surface area (Å²) in [7, 11) is 0. The first-order valence-corrected chi connectivity index (χ1v) is 12.8. The first kappa shape index (κ1) is 26.9. The Morgan fingerprint density at radius 1 is 0.769 bits per heavy atom. The normalized spacial score (nSPS) is 11.4. The number of ether oxygens (including phenoxy) is 1. The Bertz CT molecular complexity index is 1920. The van der Waals surface area contributed by atoms with Crippen molar-refractivity contribution >= 4 is 32.7 Å². The van der Waals surface area contributed by atoms with Gasteiger partial charge in [-0.3, -0.25) is 0 Å². The van der Waals surface area contributed by atoms with E-state index in [1.54, 1.807) is 6.07 Å². The average Bonchev–Trinajstić information content (AvgIpc) is 3.22. The summed E-state index contributed by atoms with van der Waals surface area (Å²) in [5.74, 6) is 2.02. The van der Waals surface area contributed by atoms with Crippen LogP contribution in [-0.2, 0) is 21.1 Å². The van der Waals surface area contributed by atoms with Gasteiger partial charge in [0.25, 0.3) is 0 Å². The van der Waals surface area contributed by atoms with E-state index >= 15 is 0 Å². The monoisotopic (exact) mass is 695 g/mol. The second kappa shape index (κ2) is 9.80. The van der Waals surface area contributed by atoms with E-state index < -0.39 is 0 Å². The summed E-state index contributed by atoms with van der Waals surface area (Å²) in [6.07, 6.45) is 1.89. The maximum atomic E-state index is 10.5. The van der Waals surface area contributed by atoms with E-state index in [0.29, 0.717) is 17.1 Å². The van der Waals surface area contributed by atoms with Crippen molar-refractivity contribution < 1.29 is 30.9 Å². The molecule has 0 atom stereocenters. The summed E-state index contributed by atoms with van der Waals surface area (Å²) in [4.78, 5) is 9.45. The van der Waals surface area contributed by atoms with Gasteiger partial charge in [-0.2, -0.15) is 0 Å². The van der Waals surface area contributed by atoms with Crippen LogP contribution in [0.15, 0.2) is 48.7 Å². The SMILES string of the molecule is Cc1ccc(-n2c3[c-]c(Oc4cc(C)c5c(C)ccc(O)c5n4)c(C)c(C)c3c3c(C)c(C)ccc32)nc1.[Pt]. The number of hydrogen-bond acceptors (Lipinski definition) is 4. The van der Waals surface area contributed by atoms with Crippen LogP contribution in [0, 0.1) is 54.5 Å². The molecule has 0 fully saturated rings. The van der Waals surface area contributed by atoms with Gasteiger partial charge in [-0.05, 0) is 80.5 Å². The molecule has 6 aromatic rings. The van der Waals surface area contributed by atoms with Crippen LogP contribution in [0.4, 0.5) is 0 Å². The molecule has 0 aliphatic heterocycles. The fourth-order valence-corrected chi connectivity index (χ4v) is 5.48. The average molecular weight is 696 g/mol. The van der Waals surface area contributed by atoms with Gasteiger partial charge < -0.3 is 14.4 Å². The number of aromatic hydroxyl groups is 1. The van der Waals surface area contributed by atoms with Gasteiger partial charge in [0, 0.05) is 50.0 Å². The number of nitrogens with zero attached hydrogens (tertiary/aromatic N) is 3. The Kier molecular flexibility index (Phi) is 6.76. The van der Waals surface area contributed by atoms with E-state index in [9.17, 15) is 5.11 Å². The predicted octanol–water partition coefficient (Wildman–Crippen LogP) is 8.18. The van der Waals surface area contributed by atoms with Crippen LogP contribution in [-0.4, -0.2) is 19.6 Å². The molecule has 0 spiro atoms. The van der Waals surface area contributed by atoms with Crippen molar-refractivity contribution in [1.29, 1.82) is 0 Å². The van der Waals surface area contributed by atoms with E-state index in [-0.39, 0.29) is 26.8 Å². The Balaban J connectivity index is 0.00000308. The van der Waals surface area contributed by atoms with E-state index in [1.165, 1.54) is 16.5 Å². The molecule has 6 rings (SSSR count). The van der Waals surface area contributed by atoms with E-state index in [2.05, 4.69) is 61.5 Å². The van der Waals surface area contributed by atoms with Crippen molar-refractivity contribution in [2.45, 2.75) is 48.5 Å². The number of aromatic nitrogens is 3. The Hall–Kier alpha value is -3.69. The van der Waals surface area contributed by atoms with Gasteiger partial charge in [0.05, 0.1) is 0 Å². The van der Waals surface area contributed by atoms with Crippen LogP contribution in [0.3, 0.4) is 0 Å². The Labute approximate surface area is 242 Å². The molecule has 1 N–H and O–H groups in total. The molecule has 6 heteroatoms. The molecule has 0 radical (unpaired) electrons. The van der Waals surface area contributed by atoms with Crippen LogP contribution in [0.25, 0.3) is 38.5 Å². The van der Waals surface area contributed by atoms with Gasteiger partial charge in [-0.1, -0.05) is 48.5 Å². The third kappa shape index (κ3) is 4.20. The first-order chi connectivity index (χ1) is 18.2. The number of benzene rings is 3. The molecule has 0 bridgehead atoms. The third-order valence-corrected chi connectivity index (χ3v) is 7.83. The fourth-order valence-electron chi connectivity index (χ4n) is 5.48. The fraction of sp³-hybridized carbons (Fsp3) is 0.212. The molecule has 3 aromatic carbocycles. The first-order valence-electron chi connectivity index (χ1n) is 12.8. The largest absolute Gasteiger partial charge is 0.506 e. The minimum absolute atomic E-state index is 0. The van der Waals surface area contributed by atoms with Gasteiger partial charge in [0.2, 0.25) is 5.88 Å². The Morgan fingerprint density at radius 2 is 1.51 bits per heavy atom. The molecule has 0 amide bonds. The number of phenols is 1. The molecule has 200 valence electrons.